The van der Waals surface area contributed by atoms with Crippen LogP contribution in [0.5, 0.6) is 0 Å². The largest absolute Gasteiger partial charge is 0.397 e. The summed E-state index contributed by atoms with van der Waals surface area (Å²) in [6.45, 7) is 3.57. The van der Waals surface area contributed by atoms with Gasteiger partial charge in [0.15, 0.2) is 0 Å². The minimum atomic E-state index is 0.677. The van der Waals surface area contributed by atoms with Crippen molar-refractivity contribution in [3.63, 3.8) is 0 Å². The normalized spacial score (nSPS) is 10.5. The molecule has 1 heterocycles. The van der Waals surface area contributed by atoms with Gasteiger partial charge < -0.3 is 11.1 Å². The van der Waals surface area contributed by atoms with Gasteiger partial charge in [0.25, 0.3) is 0 Å². The first-order valence-electron chi connectivity index (χ1n) is 5.43. The molecule has 0 unspecified atom stereocenters. The number of aromatic nitrogens is 2. The fraction of sp³-hybridized carbons (Fsp3) is 0.250. The zero-order chi connectivity index (χ0) is 12.3. The number of nitrogens with one attached hydrogen (secondary N) is 1. The van der Waals surface area contributed by atoms with Crippen molar-refractivity contribution in [2.75, 3.05) is 17.6 Å². The molecule has 90 valence electrons. The molecule has 0 aliphatic carbocycles. The van der Waals surface area contributed by atoms with Crippen molar-refractivity contribution in [2.45, 2.75) is 13.5 Å². The number of aryl methyl sites for hydroxylation is 1. The Hall–Kier alpha value is -1.68. The maximum atomic E-state index is 5.90. The Balaban J connectivity index is 1.91. The predicted molar refractivity (Wildman–Crippen MR) is 71.3 cm³/mol. The van der Waals surface area contributed by atoms with E-state index in [0.717, 1.165) is 24.3 Å². The molecule has 0 saturated carbocycles. The van der Waals surface area contributed by atoms with Crippen LogP contribution in [0.4, 0.5) is 11.4 Å². The Kier molecular flexibility index (Phi) is 3.54. The summed E-state index contributed by atoms with van der Waals surface area (Å²) in [6, 6.07) is 5.40. The third kappa shape index (κ3) is 3.14. The number of nitrogens with two attached hydrogens (primary N) is 1. The van der Waals surface area contributed by atoms with E-state index in [4.69, 9.17) is 17.3 Å². The number of nitrogens with zero attached hydrogens (tertiary/aromatic N) is 2. The van der Waals surface area contributed by atoms with Gasteiger partial charge in [-0.15, -0.1) is 0 Å². The fourth-order valence-corrected chi connectivity index (χ4v) is 1.75. The van der Waals surface area contributed by atoms with Gasteiger partial charge in [0.1, 0.15) is 0 Å². The lowest BCUT2D eigenvalue weighted by atomic mass is 10.2. The van der Waals surface area contributed by atoms with Crippen LogP contribution in [0, 0.1) is 6.92 Å². The third-order valence-electron chi connectivity index (χ3n) is 2.43. The number of nitrogen functional groups attached to an aromatic ring is 1. The van der Waals surface area contributed by atoms with E-state index in [2.05, 4.69) is 10.4 Å². The number of rotatable bonds is 4. The first-order chi connectivity index (χ1) is 8.15. The summed E-state index contributed by atoms with van der Waals surface area (Å²) in [5.74, 6) is 0. The molecule has 0 radical (unpaired) electrons. The number of hydrogen-bond acceptors (Lipinski definition) is 3. The van der Waals surface area contributed by atoms with E-state index in [-0.39, 0.29) is 0 Å². The minimum Gasteiger partial charge on any atom is -0.397 e. The Morgan fingerprint density at radius 1 is 1.47 bits per heavy atom. The highest BCUT2D eigenvalue weighted by atomic mass is 35.5. The fourth-order valence-electron chi connectivity index (χ4n) is 1.58. The van der Waals surface area contributed by atoms with Crippen molar-refractivity contribution < 1.29 is 0 Å². The van der Waals surface area contributed by atoms with Gasteiger partial charge in [-0.1, -0.05) is 11.6 Å². The van der Waals surface area contributed by atoms with Crippen molar-refractivity contribution >= 4 is 23.0 Å². The molecule has 4 nitrogen and oxygen atoms in total. The van der Waals surface area contributed by atoms with Gasteiger partial charge in [0.05, 0.1) is 24.1 Å². The van der Waals surface area contributed by atoms with E-state index in [1.807, 2.05) is 30.1 Å². The summed E-state index contributed by atoms with van der Waals surface area (Å²) in [7, 11) is 0. The van der Waals surface area contributed by atoms with Gasteiger partial charge in [0.2, 0.25) is 0 Å². The molecule has 0 atom stereocenters. The van der Waals surface area contributed by atoms with E-state index in [9.17, 15) is 0 Å². The molecular weight excluding hydrogens is 236 g/mol. The van der Waals surface area contributed by atoms with Crippen LogP contribution in [0.15, 0.2) is 30.6 Å². The SMILES string of the molecule is Cc1cnn(CCNc2cc(Cl)ccc2N)c1. The summed E-state index contributed by atoms with van der Waals surface area (Å²) in [6.07, 6.45) is 3.84. The Morgan fingerprint density at radius 2 is 2.29 bits per heavy atom. The van der Waals surface area contributed by atoms with E-state index in [1.165, 1.54) is 0 Å². The van der Waals surface area contributed by atoms with Gasteiger partial charge >= 0.3 is 0 Å². The second-order valence-corrected chi connectivity index (χ2v) is 4.38. The molecule has 2 aromatic rings. The Morgan fingerprint density at radius 3 is 3.00 bits per heavy atom. The number of halogens is 1. The maximum absolute atomic E-state index is 5.90. The number of anilines is 2. The van der Waals surface area contributed by atoms with Crippen molar-refractivity contribution in [1.29, 1.82) is 0 Å². The Bertz CT molecular complexity index is 507. The lowest BCUT2D eigenvalue weighted by Crippen LogP contribution is -2.11. The van der Waals surface area contributed by atoms with Crippen molar-refractivity contribution in [1.82, 2.24) is 9.78 Å². The predicted octanol–water partition coefficient (Wildman–Crippen LogP) is 2.54. The van der Waals surface area contributed by atoms with Gasteiger partial charge in [-0.25, -0.2) is 0 Å². The van der Waals surface area contributed by atoms with E-state index in [0.29, 0.717) is 10.7 Å². The lowest BCUT2D eigenvalue weighted by Gasteiger charge is -2.09. The number of hydrogen-bond donors (Lipinski definition) is 2. The van der Waals surface area contributed by atoms with Crippen LogP contribution in [0.1, 0.15) is 5.56 Å². The monoisotopic (exact) mass is 250 g/mol. The first-order valence-corrected chi connectivity index (χ1v) is 5.81. The summed E-state index contributed by atoms with van der Waals surface area (Å²) >= 11 is 5.90. The van der Waals surface area contributed by atoms with Crippen LogP contribution in [0.25, 0.3) is 0 Å². The van der Waals surface area contributed by atoms with Crippen LogP contribution >= 0.6 is 11.6 Å². The minimum absolute atomic E-state index is 0.677. The highest BCUT2D eigenvalue weighted by molar-refractivity contribution is 6.31. The standard InChI is InChI=1S/C12H15ClN4/c1-9-7-16-17(8-9)5-4-15-12-6-10(13)2-3-11(12)14/h2-3,6-8,15H,4-5,14H2,1H3. The molecule has 0 spiro atoms. The molecule has 3 N–H and O–H groups in total. The molecule has 1 aromatic heterocycles. The summed E-state index contributed by atoms with van der Waals surface area (Å²) in [5.41, 5.74) is 8.55. The van der Waals surface area contributed by atoms with Crippen LogP contribution in [0.2, 0.25) is 5.02 Å². The van der Waals surface area contributed by atoms with Gasteiger partial charge in [-0.3, -0.25) is 4.68 Å². The molecular formula is C12H15ClN4. The molecule has 5 heteroatoms. The summed E-state index contributed by atoms with van der Waals surface area (Å²) in [5, 5.41) is 8.12. The first kappa shape index (κ1) is 11.8. The summed E-state index contributed by atoms with van der Waals surface area (Å²) in [4.78, 5) is 0. The lowest BCUT2D eigenvalue weighted by molar-refractivity contribution is 0.637. The van der Waals surface area contributed by atoms with Crippen molar-refractivity contribution in [2.24, 2.45) is 0 Å². The molecule has 0 amide bonds. The van der Waals surface area contributed by atoms with Crippen LogP contribution in [0.3, 0.4) is 0 Å². The molecule has 0 bridgehead atoms. The highest BCUT2D eigenvalue weighted by Crippen LogP contribution is 2.22. The van der Waals surface area contributed by atoms with Gasteiger partial charge in [0, 0.05) is 17.8 Å². The van der Waals surface area contributed by atoms with E-state index in [1.54, 1.807) is 12.1 Å². The number of benzene rings is 1. The van der Waals surface area contributed by atoms with Crippen molar-refractivity contribution in [3.8, 4) is 0 Å². The quantitative estimate of drug-likeness (QED) is 0.820. The van der Waals surface area contributed by atoms with E-state index < -0.39 is 0 Å². The zero-order valence-corrected chi connectivity index (χ0v) is 10.4. The van der Waals surface area contributed by atoms with Crippen LogP contribution in [-0.2, 0) is 6.54 Å². The average molecular weight is 251 g/mol. The summed E-state index contributed by atoms with van der Waals surface area (Å²) < 4.78 is 1.89. The van der Waals surface area contributed by atoms with Crippen LogP contribution in [-0.4, -0.2) is 16.3 Å². The molecule has 1 aromatic carbocycles. The molecule has 0 aliphatic rings. The smallest absolute Gasteiger partial charge is 0.0589 e. The Labute approximate surface area is 105 Å². The second kappa shape index (κ2) is 5.10. The van der Waals surface area contributed by atoms with Crippen molar-refractivity contribution in [3.05, 3.63) is 41.2 Å². The van der Waals surface area contributed by atoms with Gasteiger partial charge in [-0.2, -0.15) is 5.10 Å². The van der Waals surface area contributed by atoms with E-state index >= 15 is 0 Å². The molecule has 2 rings (SSSR count). The molecule has 0 saturated heterocycles. The zero-order valence-electron chi connectivity index (χ0n) is 9.65. The topological polar surface area (TPSA) is 55.9 Å². The maximum Gasteiger partial charge on any atom is 0.0589 e. The van der Waals surface area contributed by atoms with Gasteiger partial charge in [-0.05, 0) is 30.7 Å². The third-order valence-corrected chi connectivity index (χ3v) is 2.67. The average Bonchev–Trinajstić information content (AvgIpc) is 2.69. The molecule has 0 aliphatic heterocycles. The second-order valence-electron chi connectivity index (χ2n) is 3.94. The molecule has 17 heavy (non-hydrogen) atoms. The molecule has 0 fully saturated rings. The highest BCUT2D eigenvalue weighted by Gasteiger charge is 2.00. The van der Waals surface area contributed by atoms with Crippen LogP contribution < -0.4 is 11.1 Å².